The number of hydrogen-bond donors (Lipinski definition) is 1. The van der Waals surface area contributed by atoms with Crippen LogP contribution in [0.1, 0.15) is 36.0 Å². The fourth-order valence-corrected chi connectivity index (χ4v) is 2.73. The van der Waals surface area contributed by atoms with Gasteiger partial charge in [0.2, 0.25) is 0 Å². The van der Waals surface area contributed by atoms with Gasteiger partial charge in [-0.3, -0.25) is 9.59 Å². The first-order chi connectivity index (χ1) is 10.1. The quantitative estimate of drug-likeness (QED) is 0.904. The minimum atomic E-state index is -0.770. The SMILES string of the molecule is COc1ccc(C(=O)N2CCC[C@H](CCC(=O)O)C2)cc1. The Morgan fingerprint density at radius 3 is 2.67 bits per heavy atom. The lowest BCUT2D eigenvalue weighted by molar-refractivity contribution is -0.137. The summed E-state index contributed by atoms with van der Waals surface area (Å²) >= 11 is 0. The first-order valence-electron chi connectivity index (χ1n) is 7.25. The maximum Gasteiger partial charge on any atom is 0.303 e. The molecule has 0 aromatic heterocycles. The van der Waals surface area contributed by atoms with Gasteiger partial charge in [-0.15, -0.1) is 0 Å². The van der Waals surface area contributed by atoms with Crippen molar-refractivity contribution >= 4 is 11.9 Å². The molecule has 1 fully saturated rings. The standard InChI is InChI=1S/C16H21NO4/c1-21-14-7-5-13(6-8-14)16(20)17-10-2-3-12(11-17)4-9-15(18)19/h5-8,12H,2-4,9-11H2,1H3,(H,18,19)/t12-/m1/s1. The lowest BCUT2D eigenvalue weighted by atomic mass is 9.93. The van der Waals surface area contributed by atoms with E-state index in [-0.39, 0.29) is 18.2 Å². The molecule has 2 rings (SSSR count). The Balaban J connectivity index is 1.96. The molecule has 1 atom stereocenters. The van der Waals surface area contributed by atoms with Crippen LogP contribution < -0.4 is 4.74 Å². The molecule has 1 aliphatic rings. The van der Waals surface area contributed by atoms with E-state index in [4.69, 9.17) is 9.84 Å². The molecule has 1 aromatic rings. The van der Waals surface area contributed by atoms with Crippen LogP contribution in [0.4, 0.5) is 0 Å². The molecule has 5 nitrogen and oxygen atoms in total. The Labute approximate surface area is 124 Å². The average Bonchev–Trinajstić information content (AvgIpc) is 2.52. The second-order valence-electron chi connectivity index (χ2n) is 5.42. The number of aliphatic carboxylic acids is 1. The second-order valence-corrected chi connectivity index (χ2v) is 5.42. The topological polar surface area (TPSA) is 66.8 Å². The van der Waals surface area contributed by atoms with Gasteiger partial charge in [-0.2, -0.15) is 0 Å². The molecule has 0 saturated carbocycles. The maximum atomic E-state index is 12.5. The van der Waals surface area contributed by atoms with Gasteiger partial charge in [0.05, 0.1) is 7.11 Å². The Bertz CT molecular complexity index is 498. The highest BCUT2D eigenvalue weighted by Gasteiger charge is 2.24. The van der Waals surface area contributed by atoms with Crippen LogP contribution in [0, 0.1) is 5.92 Å². The third-order valence-electron chi connectivity index (χ3n) is 3.91. The van der Waals surface area contributed by atoms with E-state index < -0.39 is 5.97 Å². The average molecular weight is 291 g/mol. The summed E-state index contributed by atoms with van der Waals surface area (Å²) in [5.74, 6) is 0.257. The van der Waals surface area contributed by atoms with Crippen molar-refractivity contribution in [2.24, 2.45) is 5.92 Å². The van der Waals surface area contributed by atoms with E-state index in [2.05, 4.69) is 0 Å². The van der Waals surface area contributed by atoms with Crippen molar-refractivity contribution in [2.45, 2.75) is 25.7 Å². The van der Waals surface area contributed by atoms with E-state index >= 15 is 0 Å². The van der Waals surface area contributed by atoms with E-state index in [9.17, 15) is 9.59 Å². The summed E-state index contributed by atoms with van der Waals surface area (Å²) in [6, 6.07) is 7.09. The molecule has 114 valence electrons. The van der Waals surface area contributed by atoms with Gasteiger partial charge < -0.3 is 14.7 Å². The van der Waals surface area contributed by atoms with Crippen molar-refractivity contribution in [1.82, 2.24) is 4.90 Å². The molecule has 1 N–H and O–H groups in total. The molecular formula is C16H21NO4. The number of nitrogens with zero attached hydrogens (tertiary/aromatic N) is 1. The monoisotopic (exact) mass is 291 g/mol. The van der Waals surface area contributed by atoms with Crippen LogP contribution in [-0.2, 0) is 4.79 Å². The zero-order valence-electron chi connectivity index (χ0n) is 12.2. The van der Waals surface area contributed by atoms with Crippen molar-refractivity contribution in [3.05, 3.63) is 29.8 Å². The smallest absolute Gasteiger partial charge is 0.303 e. The highest BCUT2D eigenvalue weighted by atomic mass is 16.5. The van der Waals surface area contributed by atoms with Gasteiger partial charge in [0.1, 0.15) is 5.75 Å². The molecule has 0 radical (unpaired) electrons. The number of amides is 1. The molecule has 1 saturated heterocycles. The van der Waals surface area contributed by atoms with E-state index in [0.29, 0.717) is 18.5 Å². The zero-order chi connectivity index (χ0) is 15.2. The van der Waals surface area contributed by atoms with Crippen LogP contribution in [0.3, 0.4) is 0 Å². The number of piperidine rings is 1. The van der Waals surface area contributed by atoms with Crippen molar-refractivity contribution in [1.29, 1.82) is 0 Å². The third-order valence-corrected chi connectivity index (χ3v) is 3.91. The Hall–Kier alpha value is -2.04. The molecule has 0 unspecified atom stereocenters. The fourth-order valence-electron chi connectivity index (χ4n) is 2.73. The summed E-state index contributed by atoms with van der Waals surface area (Å²) in [4.78, 5) is 24.9. The van der Waals surface area contributed by atoms with Crippen LogP contribution in [0.5, 0.6) is 5.75 Å². The number of carbonyl (C=O) groups is 2. The van der Waals surface area contributed by atoms with Crippen molar-refractivity contribution in [2.75, 3.05) is 20.2 Å². The summed E-state index contributed by atoms with van der Waals surface area (Å²) in [5, 5.41) is 8.75. The van der Waals surface area contributed by atoms with Gasteiger partial charge in [-0.25, -0.2) is 0 Å². The first-order valence-corrected chi connectivity index (χ1v) is 7.25. The number of hydrogen-bond acceptors (Lipinski definition) is 3. The number of rotatable bonds is 5. The van der Waals surface area contributed by atoms with Crippen molar-refractivity contribution in [3.63, 3.8) is 0 Å². The fraction of sp³-hybridized carbons (Fsp3) is 0.500. The highest BCUT2D eigenvalue weighted by molar-refractivity contribution is 5.94. The number of carboxylic acids is 1. The number of ether oxygens (including phenoxy) is 1. The zero-order valence-corrected chi connectivity index (χ0v) is 12.2. The van der Waals surface area contributed by atoms with Gasteiger partial charge in [0.15, 0.2) is 0 Å². The third kappa shape index (κ3) is 4.21. The molecule has 1 aliphatic heterocycles. The first kappa shape index (κ1) is 15.4. The van der Waals surface area contributed by atoms with Crippen LogP contribution in [0.2, 0.25) is 0 Å². The normalized spacial score (nSPS) is 18.3. The molecule has 0 spiro atoms. The minimum absolute atomic E-state index is 0.0117. The summed E-state index contributed by atoms with van der Waals surface area (Å²) in [6.45, 7) is 1.40. The highest BCUT2D eigenvalue weighted by Crippen LogP contribution is 2.23. The lowest BCUT2D eigenvalue weighted by Crippen LogP contribution is -2.40. The Morgan fingerprint density at radius 1 is 1.33 bits per heavy atom. The molecule has 0 bridgehead atoms. The molecular weight excluding hydrogens is 270 g/mol. The number of carboxylic acid groups (broad SMARTS) is 1. The lowest BCUT2D eigenvalue weighted by Gasteiger charge is -2.32. The van der Waals surface area contributed by atoms with Crippen LogP contribution in [0.25, 0.3) is 0 Å². The Kier molecular flexibility index (Phi) is 5.20. The number of carbonyl (C=O) groups excluding carboxylic acids is 1. The second kappa shape index (κ2) is 7.11. The van der Waals surface area contributed by atoms with Crippen LogP contribution >= 0.6 is 0 Å². The maximum absolute atomic E-state index is 12.5. The molecule has 0 aliphatic carbocycles. The van der Waals surface area contributed by atoms with Gasteiger partial charge in [0.25, 0.3) is 5.91 Å². The van der Waals surface area contributed by atoms with Gasteiger partial charge >= 0.3 is 5.97 Å². The van der Waals surface area contributed by atoms with E-state index in [0.717, 1.165) is 25.1 Å². The largest absolute Gasteiger partial charge is 0.497 e. The molecule has 21 heavy (non-hydrogen) atoms. The Morgan fingerprint density at radius 2 is 2.05 bits per heavy atom. The van der Waals surface area contributed by atoms with E-state index in [1.807, 2.05) is 4.90 Å². The molecule has 1 heterocycles. The van der Waals surface area contributed by atoms with Crippen molar-refractivity contribution in [3.8, 4) is 5.75 Å². The van der Waals surface area contributed by atoms with E-state index in [1.165, 1.54) is 0 Å². The predicted octanol–water partition coefficient (Wildman–Crippen LogP) is 2.41. The van der Waals surface area contributed by atoms with Gasteiger partial charge in [0, 0.05) is 25.1 Å². The van der Waals surface area contributed by atoms with E-state index in [1.54, 1.807) is 31.4 Å². The summed E-state index contributed by atoms with van der Waals surface area (Å²) in [5.41, 5.74) is 0.648. The number of methoxy groups -OCH3 is 1. The van der Waals surface area contributed by atoms with Crippen LogP contribution in [-0.4, -0.2) is 42.1 Å². The molecule has 5 heteroatoms. The minimum Gasteiger partial charge on any atom is -0.497 e. The van der Waals surface area contributed by atoms with Crippen LogP contribution in [0.15, 0.2) is 24.3 Å². The molecule has 1 aromatic carbocycles. The summed E-state index contributed by atoms with van der Waals surface area (Å²) in [7, 11) is 1.59. The van der Waals surface area contributed by atoms with Gasteiger partial charge in [-0.05, 0) is 49.4 Å². The number of likely N-dealkylation sites (tertiary alicyclic amines) is 1. The van der Waals surface area contributed by atoms with Crippen molar-refractivity contribution < 1.29 is 19.4 Å². The predicted molar refractivity (Wildman–Crippen MR) is 78.5 cm³/mol. The number of benzene rings is 1. The van der Waals surface area contributed by atoms with Gasteiger partial charge in [-0.1, -0.05) is 0 Å². The summed E-state index contributed by atoms with van der Waals surface area (Å²) < 4.78 is 5.09. The summed E-state index contributed by atoms with van der Waals surface area (Å²) in [6.07, 6.45) is 2.75. The molecule has 1 amide bonds.